The first-order valence-electron chi connectivity index (χ1n) is 6.28. The van der Waals surface area contributed by atoms with Crippen LogP contribution in [0.25, 0.3) is 20.9 Å². The van der Waals surface area contributed by atoms with Crippen LogP contribution < -0.4 is 9.47 Å². The van der Waals surface area contributed by atoms with Gasteiger partial charge in [-0.1, -0.05) is 6.07 Å². The van der Waals surface area contributed by atoms with Gasteiger partial charge < -0.3 is 9.47 Å². The zero-order chi connectivity index (χ0) is 14.8. The second-order valence-corrected chi connectivity index (χ2v) is 6.99. The van der Waals surface area contributed by atoms with Crippen LogP contribution in [0.2, 0.25) is 0 Å². The minimum atomic E-state index is 0.821. The van der Waals surface area contributed by atoms with Gasteiger partial charge in [-0.15, -0.1) is 22.7 Å². The molecule has 0 fully saturated rings. The lowest BCUT2D eigenvalue weighted by molar-refractivity contribution is 0.397. The first-order chi connectivity index (χ1) is 10.3. The molecule has 0 atom stereocenters. The highest BCUT2D eigenvalue weighted by atomic mass is 79.9. The van der Waals surface area contributed by atoms with E-state index < -0.39 is 0 Å². The summed E-state index contributed by atoms with van der Waals surface area (Å²) in [4.78, 5) is 2.45. The zero-order valence-corrected chi connectivity index (χ0v) is 14.8. The maximum absolute atomic E-state index is 5.53. The van der Waals surface area contributed by atoms with Crippen molar-refractivity contribution in [3.63, 3.8) is 0 Å². The first kappa shape index (κ1) is 14.6. The van der Waals surface area contributed by atoms with E-state index in [1.54, 1.807) is 36.9 Å². The molecule has 0 unspecified atom stereocenters. The molecule has 0 bridgehead atoms. The Balaban J connectivity index is 2.24. The number of rotatable bonds is 4. The number of hydrogen-bond donors (Lipinski definition) is 0. The fourth-order valence-electron chi connectivity index (χ4n) is 2.25. The normalized spacial score (nSPS) is 10.6. The van der Waals surface area contributed by atoms with Crippen LogP contribution >= 0.6 is 38.6 Å². The Morgan fingerprint density at radius 3 is 2.05 bits per heavy atom. The van der Waals surface area contributed by atoms with Crippen LogP contribution in [0.1, 0.15) is 0 Å². The lowest BCUT2D eigenvalue weighted by Gasteiger charge is -2.13. The summed E-state index contributed by atoms with van der Waals surface area (Å²) >= 11 is 7.07. The predicted octanol–water partition coefficient (Wildman–Crippen LogP) is 5.92. The molecule has 21 heavy (non-hydrogen) atoms. The molecule has 0 aliphatic heterocycles. The molecular weight excluding hydrogens is 368 g/mol. The van der Waals surface area contributed by atoms with Gasteiger partial charge in [0.2, 0.25) is 0 Å². The average Bonchev–Trinajstić information content (AvgIpc) is 3.14. The Bertz CT molecular complexity index is 739. The van der Waals surface area contributed by atoms with Crippen molar-refractivity contribution in [2.75, 3.05) is 14.2 Å². The summed E-state index contributed by atoms with van der Waals surface area (Å²) in [6.07, 6.45) is 0. The van der Waals surface area contributed by atoms with Gasteiger partial charge in [0.1, 0.15) is 11.5 Å². The third kappa shape index (κ3) is 2.61. The molecule has 0 amide bonds. The van der Waals surface area contributed by atoms with Crippen molar-refractivity contribution in [3.8, 4) is 32.4 Å². The van der Waals surface area contributed by atoms with Gasteiger partial charge >= 0.3 is 0 Å². The highest BCUT2D eigenvalue weighted by Crippen LogP contribution is 2.48. The van der Waals surface area contributed by atoms with E-state index in [1.165, 1.54) is 9.75 Å². The summed E-state index contributed by atoms with van der Waals surface area (Å²) in [5.41, 5.74) is 2.14. The van der Waals surface area contributed by atoms with Crippen molar-refractivity contribution < 1.29 is 9.47 Å². The van der Waals surface area contributed by atoms with Crippen molar-refractivity contribution in [2.24, 2.45) is 0 Å². The van der Waals surface area contributed by atoms with E-state index in [0.717, 1.165) is 27.1 Å². The predicted molar refractivity (Wildman–Crippen MR) is 93.9 cm³/mol. The third-order valence-corrected chi connectivity index (χ3v) is 6.10. The lowest BCUT2D eigenvalue weighted by Crippen LogP contribution is -1.92. The molecule has 3 rings (SSSR count). The SMILES string of the molecule is COc1cccc(OC)c1-c1ccsc1-c1sccc1Br. The molecule has 0 spiro atoms. The largest absolute Gasteiger partial charge is 0.496 e. The topological polar surface area (TPSA) is 18.5 Å². The van der Waals surface area contributed by atoms with Crippen LogP contribution in [-0.2, 0) is 0 Å². The zero-order valence-electron chi connectivity index (χ0n) is 11.6. The lowest BCUT2D eigenvalue weighted by atomic mass is 10.0. The molecule has 0 aliphatic carbocycles. The second kappa shape index (κ2) is 6.22. The summed E-state index contributed by atoms with van der Waals surface area (Å²) in [7, 11) is 3.37. The highest BCUT2D eigenvalue weighted by molar-refractivity contribution is 9.10. The monoisotopic (exact) mass is 380 g/mol. The number of halogens is 1. The molecule has 108 valence electrons. The molecule has 1 aromatic carbocycles. The molecule has 0 N–H and O–H groups in total. The van der Waals surface area contributed by atoms with E-state index >= 15 is 0 Å². The number of ether oxygens (including phenoxy) is 2. The maximum atomic E-state index is 5.53. The van der Waals surface area contributed by atoms with Crippen LogP contribution in [0.5, 0.6) is 11.5 Å². The van der Waals surface area contributed by atoms with Crippen LogP contribution in [0.3, 0.4) is 0 Å². The molecular formula is C16H13BrO2S2. The van der Waals surface area contributed by atoms with Crippen LogP contribution in [0.4, 0.5) is 0 Å². The number of methoxy groups -OCH3 is 2. The average molecular weight is 381 g/mol. The van der Waals surface area contributed by atoms with Crippen molar-refractivity contribution in [1.82, 2.24) is 0 Å². The Morgan fingerprint density at radius 1 is 0.857 bits per heavy atom. The second-order valence-electron chi connectivity index (χ2n) is 4.30. The summed E-state index contributed by atoms with van der Waals surface area (Å²) in [5.74, 6) is 1.64. The molecule has 2 nitrogen and oxygen atoms in total. The standard InChI is InChI=1S/C16H13BrO2S2/c1-18-12-4-3-5-13(19-2)14(12)10-6-8-20-15(10)16-11(17)7-9-21-16/h3-9H,1-2H3. The summed E-state index contributed by atoms with van der Waals surface area (Å²) in [6, 6.07) is 10.1. The van der Waals surface area contributed by atoms with Crippen molar-refractivity contribution in [3.05, 3.63) is 45.6 Å². The molecule has 0 radical (unpaired) electrons. The van der Waals surface area contributed by atoms with E-state index in [9.17, 15) is 0 Å². The van der Waals surface area contributed by atoms with Gasteiger partial charge in [0.15, 0.2) is 0 Å². The Labute approximate surface area is 140 Å². The van der Waals surface area contributed by atoms with Gasteiger partial charge in [0, 0.05) is 10.0 Å². The van der Waals surface area contributed by atoms with Gasteiger partial charge in [0.25, 0.3) is 0 Å². The fraction of sp³-hybridized carbons (Fsp3) is 0.125. The van der Waals surface area contributed by atoms with E-state index in [4.69, 9.17) is 9.47 Å². The number of thiophene rings is 2. The van der Waals surface area contributed by atoms with Gasteiger partial charge in [-0.05, 0) is 51.0 Å². The fourth-order valence-corrected chi connectivity index (χ4v) is 5.05. The molecule has 3 aromatic rings. The molecule has 0 saturated heterocycles. The molecule has 0 saturated carbocycles. The van der Waals surface area contributed by atoms with E-state index in [0.29, 0.717) is 0 Å². The Hall–Kier alpha value is -1.30. The molecule has 0 aliphatic rings. The number of benzene rings is 1. The first-order valence-corrected chi connectivity index (χ1v) is 8.83. The van der Waals surface area contributed by atoms with Gasteiger partial charge in [-0.25, -0.2) is 0 Å². The highest BCUT2D eigenvalue weighted by Gasteiger charge is 2.19. The summed E-state index contributed by atoms with van der Waals surface area (Å²) < 4.78 is 12.2. The summed E-state index contributed by atoms with van der Waals surface area (Å²) in [5, 5.41) is 4.19. The maximum Gasteiger partial charge on any atom is 0.130 e. The van der Waals surface area contributed by atoms with Crippen molar-refractivity contribution in [1.29, 1.82) is 0 Å². The quantitative estimate of drug-likeness (QED) is 0.558. The van der Waals surface area contributed by atoms with Gasteiger partial charge in [-0.3, -0.25) is 0 Å². The Morgan fingerprint density at radius 2 is 1.48 bits per heavy atom. The Kier molecular flexibility index (Phi) is 4.33. The van der Waals surface area contributed by atoms with Crippen LogP contribution in [0, 0.1) is 0 Å². The third-order valence-electron chi connectivity index (χ3n) is 3.19. The van der Waals surface area contributed by atoms with Crippen molar-refractivity contribution in [2.45, 2.75) is 0 Å². The van der Waals surface area contributed by atoms with Crippen LogP contribution in [-0.4, -0.2) is 14.2 Å². The van der Waals surface area contributed by atoms with E-state index in [-0.39, 0.29) is 0 Å². The minimum Gasteiger partial charge on any atom is -0.496 e. The van der Waals surface area contributed by atoms with Crippen molar-refractivity contribution >= 4 is 38.6 Å². The molecule has 2 heterocycles. The van der Waals surface area contributed by atoms with E-state index in [2.05, 4.69) is 38.8 Å². The number of hydrogen-bond acceptors (Lipinski definition) is 4. The van der Waals surface area contributed by atoms with Gasteiger partial charge in [-0.2, -0.15) is 0 Å². The van der Waals surface area contributed by atoms with Gasteiger partial charge in [0.05, 0.1) is 29.5 Å². The smallest absolute Gasteiger partial charge is 0.130 e. The molecule has 5 heteroatoms. The molecule has 2 aromatic heterocycles. The summed E-state index contributed by atoms with van der Waals surface area (Å²) in [6.45, 7) is 0. The van der Waals surface area contributed by atoms with Crippen LogP contribution in [0.15, 0.2) is 45.6 Å². The van der Waals surface area contributed by atoms with E-state index in [1.807, 2.05) is 18.2 Å². The minimum absolute atomic E-state index is 0.821.